The summed E-state index contributed by atoms with van der Waals surface area (Å²) in [5.74, 6) is -0.267. The van der Waals surface area contributed by atoms with Gasteiger partial charge in [-0.1, -0.05) is 0 Å². The van der Waals surface area contributed by atoms with E-state index in [1.807, 2.05) is 41.6 Å². The molecule has 0 atom stereocenters. The Hall–Kier alpha value is -1.71. The van der Waals surface area contributed by atoms with E-state index in [1.165, 1.54) is 0 Å². The monoisotopic (exact) mass is 206 g/mol. The van der Waals surface area contributed by atoms with E-state index in [-0.39, 0.29) is 5.97 Å². The van der Waals surface area contributed by atoms with Crippen molar-refractivity contribution in [1.82, 2.24) is 9.13 Å². The molecule has 0 aliphatic rings. The first-order valence-corrected chi connectivity index (χ1v) is 4.93. The smallest absolute Gasteiger partial charge is 0.355 e. The summed E-state index contributed by atoms with van der Waals surface area (Å²) in [7, 11) is 3.83. The van der Waals surface area contributed by atoms with Crippen molar-refractivity contribution in [2.45, 2.75) is 6.92 Å². The molecule has 2 rings (SSSR count). The maximum atomic E-state index is 11.6. The fraction of sp³-hybridized carbons (Fsp3) is 0.364. The zero-order valence-electron chi connectivity index (χ0n) is 9.15. The summed E-state index contributed by atoms with van der Waals surface area (Å²) in [6.45, 7) is 2.21. The van der Waals surface area contributed by atoms with Gasteiger partial charge in [-0.25, -0.2) is 4.79 Å². The molecule has 0 aliphatic heterocycles. The summed E-state index contributed by atoms with van der Waals surface area (Å²) in [5.41, 5.74) is 2.68. The Labute approximate surface area is 88.1 Å². The van der Waals surface area contributed by atoms with Crippen LogP contribution in [0.2, 0.25) is 0 Å². The number of carbonyl (C=O) groups is 1. The predicted molar refractivity (Wildman–Crippen MR) is 57.8 cm³/mol. The van der Waals surface area contributed by atoms with E-state index >= 15 is 0 Å². The van der Waals surface area contributed by atoms with E-state index < -0.39 is 0 Å². The lowest BCUT2D eigenvalue weighted by molar-refractivity contribution is 0.0516. The highest BCUT2D eigenvalue weighted by atomic mass is 16.5. The van der Waals surface area contributed by atoms with Gasteiger partial charge in [0.2, 0.25) is 0 Å². The third-order valence-corrected chi connectivity index (χ3v) is 2.58. The van der Waals surface area contributed by atoms with E-state index in [1.54, 1.807) is 6.92 Å². The van der Waals surface area contributed by atoms with Crippen LogP contribution in [0.25, 0.3) is 11.0 Å². The molecule has 0 N–H and O–H groups in total. The Morgan fingerprint density at radius 1 is 1.40 bits per heavy atom. The summed E-state index contributed by atoms with van der Waals surface area (Å²) in [5, 5.41) is 0. The molecule has 2 aromatic rings. The van der Waals surface area contributed by atoms with Gasteiger partial charge in [0, 0.05) is 20.3 Å². The van der Waals surface area contributed by atoms with Gasteiger partial charge in [-0.2, -0.15) is 0 Å². The molecule has 4 heteroatoms. The molecule has 2 heterocycles. The summed E-state index contributed by atoms with van der Waals surface area (Å²) < 4.78 is 8.82. The van der Waals surface area contributed by atoms with Crippen molar-refractivity contribution in [2.75, 3.05) is 6.61 Å². The Morgan fingerprint density at radius 2 is 2.13 bits per heavy atom. The predicted octanol–water partition coefficient (Wildman–Crippen LogP) is 1.69. The first kappa shape index (κ1) is 9.83. The first-order chi connectivity index (χ1) is 7.15. The fourth-order valence-corrected chi connectivity index (χ4v) is 1.75. The number of fused-ring (bicyclic) bond motifs is 1. The lowest BCUT2D eigenvalue weighted by atomic mass is 10.4. The van der Waals surface area contributed by atoms with Gasteiger partial charge in [-0.15, -0.1) is 0 Å². The molecular weight excluding hydrogens is 192 g/mol. The topological polar surface area (TPSA) is 36.2 Å². The lowest BCUT2D eigenvalue weighted by Gasteiger charge is -2.02. The fourth-order valence-electron chi connectivity index (χ4n) is 1.75. The van der Waals surface area contributed by atoms with Crippen LogP contribution in [0, 0.1) is 0 Å². The Morgan fingerprint density at radius 3 is 2.73 bits per heavy atom. The number of ether oxygens (including phenoxy) is 1. The number of nitrogens with zero attached hydrogens (tertiary/aromatic N) is 2. The minimum Gasteiger partial charge on any atom is -0.461 e. The standard InChI is InChI=1S/C11H14N2O2/c1-4-15-11(14)10-7-9-8(13(10)3)5-6-12(9)2/h5-7H,4H2,1-3H3. The Balaban J connectivity index is 2.53. The molecule has 0 aromatic carbocycles. The SMILES string of the molecule is CCOC(=O)c1cc2c(ccn2C)n1C. The Kier molecular flexibility index (Phi) is 2.26. The number of aryl methyl sites for hydroxylation is 2. The van der Waals surface area contributed by atoms with Crippen LogP contribution in [0.15, 0.2) is 18.3 Å². The van der Waals surface area contributed by atoms with E-state index in [2.05, 4.69) is 0 Å². The molecule has 0 saturated carbocycles. The van der Waals surface area contributed by atoms with E-state index in [4.69, 9.17) is 4.74 Å². The molecule has 0 spiro atoms. The molecule has 2 aromatic heterocycles. The second-order valence-electron chi connectivity index (χ2n) is 3.51. The molecular formula is C11H14N2O2. The average molecular weight is 206 g/mol. The van der Waals surface area contributed by atoms with Gasteiger partial charge >= 0.3 is 5.97 Å². The second-order valence-corrected chi connectivity index (χ2v) is 3.51. The largest absolute Gasteiger partial charge is 0.461 e. The zero-order valence-corrected chi connectivity index (χ0v) is 9.15. The quantitative estimate of drug-likeness (QED) is 0.701. The van der Waals surface area contributed by atoms with Gasteiger partial charge < -0.3 is 13.9 Å². The van der Waals surface area contributed by atoms with E-state index in [0.717, 1.165) is 11.0 Å². The van der Waals surface area contributed by atoms with E-state index in [9.17, 15) is 4.79 Å². The van der Waals surface area contributed by atoms with Gasteiger partial charge in [0.1, 0.15) is 5.69 Å². The van der Waals surface area contributed by atoms with Crippen molar-refractivity contribution in [1.29, 1.82) is 0 Å². The van der Waals surface area contributed by atoms with Crippen molar-refractivity contribution in [2.24, 2.45) is 14.1 Å². The van der Waals surface area contributed by atoms with Gasteiger partial charge in [0.05, 0.1) is 17.6 Å². The molecule has 4 nitrogen and oxygen atoms in total. The van der Waals surface area contributed by atoms with Crippen LogP contribution in [-0.4, -0.2) is 21.7 Å². The molecule has 0 bridgehead atoms. The summed E-state index contributed by atoms with van der Waals surface area (Å²) in [6.07, 6.45) is 1.97. The minimum atomic E-state index is -0.267. The van der Waals surface area contributed by atoms with Crippen molar-refractivity contribution >= 4 is 17.0 Å². The average Bonchev–Trinajstić information content (AvgIpc) is 2.70. The molecule has 0 amide bonds. The molecule has 0 radical (unpaired) electrons. The van der Waals surface area contributed by atoms with Gasteiger partial charge in [-0.05, 0) is 19.1 Å². The van der Waals surface area contributed by atoms with Crippen molar-refractivity contribution in [3.8, 4) is 0 Å². The van der Waals surface area contributed by atoms with Gasteiger partial charge in [0.15, 0.2) is 0 Å². The van der Waals surface area contributed by atoms with Gasteiger partial charge in [0.25, 0.3) is 0 Å². The number of hydrogen-bond acceptors (Lipinski definition) is 2. The normalized spacial score (nSPS) is 10.9. The summed E-state index contributed by atoms with van der Waals surface area (Å²) in [4.78, 5) is 11.6. The molecule has 0 aliphatic carbocycles. The molecule has 0 saturated heterocycles. The van der Waals surface area contributed by atoms with Crippen LogP contribution in [0.5, 0.6) is 0 Å². The lowest BCUT2D eigenvalue weighted by Crippen LogP contribution is -2.09. The van der Waals surface area contributed by atoms with Crippen molar-refractivity contribution in [3.63, 3.8) is 0 Å². The Bertz CT molecular complexity index is 508. The first-order valence-electron chi connectivity index (χ1n) is 4.93. The third-order valence-electron chi connectivity index (χ3n) is 2.58. The van der Waals surface area contributed by atoms with Crippen molar-refractivity contribution in [3.05, 3.63) is 24.0 Å². The summed E-state index contributed by atoms with van der Waals surface area (Å²) in [6, 6.07) is 3.84. The number of rotatable bonds is 2. The van der Waals surface area contributed by atoms with Crippen molar-refractivity contribution < 1.29 is 9.53 Å². The molecule has 80 valence electrons. The van der Waals surface area contributed by atoms with Crippen LogP contribution in [-0.2, 0) is 18.8 Å². The maximum Gasteiger partial charge on any atom is 0.355 e. The maximum absolute atomic E-state index is 11.6. The molecule has 0 unspecified atom stereocenters. The second kappa shape index (κ2) is 3.46. The number of hydrogen-bond donors (Lipinski definition) is 0. The highest BCUT2D eigenvalue weighted by molar-refractivity contribution is 5.94. The molecule has 15 heavy (non-hydrogen) atoms. The highest BCUT2D eigenvalue weighted by Crippen LogP contribution is 2.19. The third kappa shape index (κ3) is 1.42. The van der Waals surface area contributed by atoms with Gasteiger partial charge in [-0.3, -0.25) is 0 Å². The van der Waals surface area contributed by atoms with Crippen LogP contribution in [0.1, 0.15) is 17.4 Å². The van der Waals surface area contributed by atoms with Crippen LogP contribution in [0.3, 0.4) is 0 Å². The zero-order chi connectivity index (χ0) is 11.0. The summed E-state index contributed by atoms with van der Waals surface area (Å²) >= 11 is 0. The van der Waals surface area contributed by atoms with Crippen LogP contribution in [0.4, 0.5) is 0 Å². The molecule has 0 fully saturated rings. The van der Waals surface area contributed by atoms with Crippen LogP contribution < -0.4 is 0 Å². The number of aromatic nitrogens is 2. The number of carbonyl (C=O) groups excluding carboxylic acids is 1. The van der Waals surface area contributed by atoms with E-state index in [0.29, 0.717) is 12.3 Å². The highest BCUT2D eigenvalue weighted by Gasteiger charge is 2.15. The minimum absolute atomic E-state index is 0.267. The van der Waals surface area contributed by atoms with Crippen LogP contribution >= 0.6 is 0 Å². The number of esters is 1.